The fraction of sp³-hybridized carbons (Fsp3) is 0.261. The number of pyridine rings is 1. The quantitative estimate of drug-likeness (QED) is 0.621. The summed E-state index contributed by atoms with van der Waals surface area (Å²) in [5.41, 5.74) is 5.44. The highest BCUT2D eigenvalue weighted by Gasteiger charge is 2.35. The molecule has 0 fully saturated rings. The van der Waals surface area contributed by atoms with Crippen LogP contribution in [0.1, 0.15) is 46.7 Å². The van der Waals surface area contributed by atoms with Crippen LogP contribution in [0.3, 0.4) is 0 Å². The van der Waals surface area contributed by atoms with Gasteiger partial charge in [0.15, 0.2) is 5.78 Å². The number of carbonyl (C=O) groups excluding carboxylic acids is 2. The number of aromatic amines is 1. The van der Waals surface area contributed by atoms with E-state index in [1.165, 1.54) is 0 Å². The molecule has 0 spiro atoms. The van der Waals surface area contributed by atoms with E-state index in [4.69, 9.17) is 0 Å². The van der Waals surface area contributed by atoms with E-state index >= 15 is 0 Å². The number of hydrogen-bond donors (Lipinski definition) is 3. The number of hydrogen-bond acceptors (Lipinski definition) is 4. The summed E-state index contributed by atoms with van der Waals surface area (Å²) >= 11 is 0. The van der Waals surface area contributed by atoms with Crippen molar-refractivity contribution < 1.29 is 9.59 Å². The first-order valence-corrected chi connectivity index (χ1v) is 9.65. The van der Waals surface area contributed by atoms with E-state index in [0.717, 1.165) is 34.7 Å². The minimum atomic E-state index is -0.156. The second-order valence-electron chi connectivity index (χ2n) is 8.19. The molecule has 148 valence electrons. The maximum absolute atomic E-state index is 13.0. The molecular weight excluding hydrogens is 364 g/mol. The minimum absolute atomic E-state index is 0.0825. The molecule has 2 heterocycles. The molecular formula is C23H24N4O2. The van der Waals surface area contributed by atoms with Crippen molar-refractivity contribution in [2.45, 2.75) is 26.7 Å². The second-order valence-corrected chi connectivity index (χ2v) is 8.19. The van der Waals surface area contributed by atoms with E-state index in [1.54, 1.807) is 31.6 Å². The third kappa shape index (κ3) is 3.66. The Hall–Kier alpha value is -3.41. The standard InChI is InChI=1S/C23H24N4O2/c1-23(2)12-17-19(18(28)13-23)21(20(27-17)14-7-9-25-10-8-14)26-16-6-4-5-15(11-16)22(29)24-3/h4-11,26-27H,12-13H2,1-3H3,(H,24,29). The van der Waals surface area contributed by atoms with Gasteiger partial charge in [-0.15, -0.1) is 0 Å². The number of carbonyl (C=O) groups is 2. The molecule has 1 aliphatic carbocycles. The van der Waals surface area contributed by atoms with Crippen LogP contribution in [-0.4, -0.2) is 28.7 Å². The van der Waals surface area contributed by atoms with Gasteiger partial charge in [-0.25, -0.2) is 0 Å². The lowest BCUT2D eigenvalue weighted by molar-refractivity contribution is 0.0911. The molecule has 29 heavy (non-hydrogen) atoms. The number of fused-ring (bicyclic) bond motifs is 1. The highest BCUT2D eigenvalue weighted by atomic mass is 16.1. The van der Waals surface area contributed by atoms with E-state index in [0.29, 0.717) is 17.5 Å². The summed E-state index contributed by atoms with van der Waals surface area (Å²) in [6, 6.07) is 11.1. The molecule has 0 radical (unpaired) electrons. The Kier molecular flexibility index (Phi) is 4.70. The molecule has 3 aromatic rings. The van der Waals surface area contributed by atoms with Crippen molar-refractivity contribution in [2.75, 3.05) is 12.4 Å². The second kappa shape index (κ2) is 7.20. The minimum Gasteiger partial charge on any atom is -0.356 e. The van der Waals surface area contributed by atoms with Gasteiger partial charge in [-0.2, -0.15) is 0 Å². The molecule has 6 heteroatoms. The number of ketones is 1. The van der Waals surface area contributed by atoms with Gasteiger partial charge in [0.1, 0.15) is 0 Å². The van der Waals surface area contributed by atoms with Crippen LogP contribution in [-0.2, 0) is 6.42 Å². The lowest BCUT2D eigenvalue weighted by atomic mass is 9.76. The van der Waals surface area contributed by atoms with Crippen molar-refractivity contribution in [3.8, 4) is 11.3 Å². The number of aromatic nitrogens is 2. The smallest absolute Gasteiger partial charge is 0.251 e. The van der Waals surface area contributed by atoms with E-state index in [9.17, 15) is 9.59 Å². The summed E-state index contributed by atoms with van der Waals surface area (Å²) in [5.74, 6) is -0.0327. The lowest BCUT2D eigenvalue weighted by Gasteiger charge is -2.28. The molecule has 2 aromatic heterocycles. The molecule has 0 atom stereocenters. The van der Waals surface area contributed by atoms with Gasteiger partial charge in [0.2, 0.25) is 0 Å². The molecule has 0 aliphatic heterocycles. The van der Waals surface area contributed by atoms with Crippen LogP contribution in [0.5, 0.6) is 0 Å². The molecule has 6 nitrogen and oxygen atoms in total. The first-order valence-electron chi connectivity index (χ1n) is 9.65. The van der Waals surface area contributed by atoms with Gasteiger partial charge in [-0.3, -0.25) is 14.6 Å². The van der Waals surface area contributed by atoms with Crippen LogP contribution in [0.15, 0.2) is 48.8 Å². The third-order valence-corrected chi connectivity index (χ3v) is 5.24. The molecule has 3 N–H and O–H groups in total. The predicted octanol–water partition coefficient (Wildman–Crippen LogP) is 4.34. The van der Waals surface area contributed by atoms with Gasteiger partial charge >= 0.3 is 0 Å². The van der Waals surface area contributed by atoms with Gasteiger partial charge < -0.3 is 15.6 Å². The van der Waals surface area contributed by atoms with Gasteiger partial charge in [-0.05, 0) is 42.2 Å². The number of nitrogens with zero attached hydrogens (tertiary/aromatic N) is 1. The van der Waals surface area contributed by atoms with Crippen LogP contribution in [0.2, 0.25) is 0 Å². The molecule has 1 aliphatic rings. The Morgan fingerprint density at radius 2 is 1.90 bits per heavy atom. The zero-order valence-corrected chi connectivity index (χ0v) is 16.8. The number of nitrogens with one attached hydrogen (secondary N) is 3. The summed E-state index contributed by atoms with van der Waals surface area (Å²) in [4.78, 5) is 32.6. The summed E-state index contributed by atoms with van der Waals surface area (Å²) in [5, 5.41) is 6.04. The molecule has 0 bridgehead atoms. The average molecular weight is 388 g/mol. The van der Waals surface area contributed by atoms with Crippen molar-refractivity contribution in [1.29, 1.82) is 0 Å². The highest BCUT2D eigenvalue weighted by molar-refractivity contribution is 6.08. The summed E-state index contributed by atoms with van der Waals surface area (Å²) < 4.78 is 0. The van der Waals surface area contributed by atoms with E-state index in [1.807, 2.05) is 24.3 Å². The SMILES string of the molecule is CNC(=O)c1cccc(Nc2c(-c3ccncc3)[nH]c3c2C(=O)CC(C)(C)C3)c1. The van der Waals surface area contributed by atoms with Crippen LogP contribution in [0.25, 0.3) is 11.3 Å². The van der Waals surface area contributed by atoms with E-state index in [2.05, 4.69) is 34.4 Å². The fourth-order valence-electron chi connectivity index (χ4n) is 3.94. The van der Waals surface area contributed by atoms with E-state index < -0.39 is 0 Å². The van der Waals surface area contributed by atoms with Crippen LogP contribution in [0, 0.1) is 5.41 Å². The van der Waals surface area contributed by atoms with Crippen LogP contribution >= 0.6 is 0 Å². The number of amides is 1. The Morgan fingerprint density at radius 3 is 2.62 bits per heavy atom. The number of benzene rings is 1. The van der Waals surface area contributed by atoms with Gasteiger partial charge in [0.05, 0.1) is 16.9 Å². The lowest BCUT2D eigenvalue weighted by Crippen LogP contribution is -2.26. The Morgan fingerprint density at radius 1 is 1.14 bits per heavy atom. The third-order valence-electron chi connectivity index (χ3n) is 5.24. The topological polar surface area (TPSA) is 86.9 Å². The first-order chi connectivity index (χ1) is 13.9. The summed E-state index contributed by atoms with van der Waals surface area (Å²) in [6.07, 6.45) is 4.76. The molecule has 1 aromatic carbocycles. The number of Topliss-reactive ketones (excluding diaryl/α,β-unsaturated/α-hetero) is 1. The fourth-order valence-corrected chi connectivity index (χ4v) is 3.94. The molecule has 1 amide bonds. The molecule has 0 saturated heterocycles. The molecule has 0 saturated carbocycles. The molecule has 4 rings (SSSR count). The number of anilines is 2. The predicted molar refractivity (Wildman–Crippen MR) is 114 cm³/mol. The molecule has 0 unspecified atom stereocenters. The Labute approximate surface area is 169 Å². The van der Waals surface area contributed by atoms with Crippen molar-refractivity contribution in [1.82, 2.24) is 15.3 Å². The van der Waals surface area contributed by atoms with Crippen LogP contribution in [0.4, 0.5) is 11.4 Å². The largest absolute Gasteiger partial charge is 0.356 e. The average Bonchev–Trinajstić information content (AvgIpc) is 3.05. The summed E-state index contributed by atoms with van der Waals surface area (Å²) in [7, 11) is 1.60. The Balaban J connectivity index is 1.83. The first kappa shape index (κ1) is 18.9. The van der Waals surface area contributed by atoms with E-state index in [-0.39, 0.29) is 17.1 Å². The normalized spacial score (nSPS) is 14.9. The maximum atomic E-state index is 13.0. The maximum Gasteiger partial charge on any atom is 0.251 e. The van der Waals surface area contributed by atoms with Gasteiger partial charge in [0, 0.05) is 48.4 Å². The number of rotatable bonds is 4. The number of H-pyrrole nitrogens is 1. The Bertz CT molecular complexity index is 1080. The summed E-state index contributed by atoms with van der Waals surface area (Å²) in [6.45, 7) is 4.22. The van der Waals surface area contributed by atoms with Gasteiger partial charge in [0.25, 0.3) is 5.91 Å². The van der Waals surface area contributed by atoms with Gasteiger partial charge in [-0.1, -0.05) is 19.9 Å². The monoisotopic (exact) mass is 388 g/mol. The van der Waals surface area contributed by atoms with Crippen molar-refractivity contribution in [3.63, 3.8) is 0 Å². The van der Waals surface area contributed by atoms with Crippen molar-refractivity contribution in [2.24, 2.45) is 5.41 Å². The van der Waals surface area contributed by atoms with Crippen LogP contribution < -0.4 is 10.6 Å². The zero-order chi connectivity index (χ0) is 20.6. The van der Waals surface area contributed by atoms with Crippen molar-refractivity contribution in [3.05, 3.63) is 65.6 Å². The highest BCUT2D eigenvalue weighted by Crippen LogP contribution is 2.43. The van der Waals surface area contributed by atoms with Crippen molar-refractivity contribution >= 4 is 23.1 Å². The zero-order valence-electron chi connectivity index (χ0n) is 16.8.